The summed E-state index contributed by atoms with van der Waals surface area (Å²) in [5.41, 5.74) is 2.81. The SMILES string of the molecule is CC.CNC(=O)C(Cc1ccccc1)N1CCC([C@@H]2C=CC=CC2)CC(NC(=O)C(CCCCN2C(=O)c3ccccc3C2=O)SCc2ccc(OC)cc2)C1=O. The van der Waals surface area contributed by atoms with Crippen molar-refractivity contribution < 1.29 is 28.7 Å². The Bertz CT molecular complexity index is 1860. The van der Waals surface area contributed by atoms with Gasteiger partial charge < -0.3 is 20.3 Å². The molecular weight excluding hydrogens is 737 g/mol. The van der Waals surface area contributed by atoms with Crippen LogP contribution >= 0.6 is 11.8 Å². The van der Waals surface area contributed by atoms with Gasteiger partial charge in [0.2, 0.25) is 17.7 Å². The van der Waals surface area contributed by atoms with Crippen molar-refractivity contribution in [2.24, 2.45) is 11.8 Å². The van der Waals surface area contributed by atoms with E-state index in [9.17, 15) is 24.0 Å². The highest BCUT2D eigenvalue weighted by Crippen LogP contribution is 2.33. The smallest absolute Gasteiger partial charge is 0.261 e. The first-order valence-corrected chi connectivity index (χ1v) is 21.2. The van der Waals surface area contributed by atoms with E-state index in [2.05, 4.69) is 22.8 Å². The van der Waals surface area contributed by atoms with Gasteiger partial charge >= 0.3 is 0 Å². The number of fused-ring (bicyclic) bond motifs is 1. The molecule has 2 heterocycles. The normalized spacial score (nSPS) is 19.9. The van der Waals surface area contributed by atoms with Crippen LogP contribution in [0.3, 0.4) is 0 Å². The van der Waals surface area contributed by atoms with Gasteiger partial charge in [-0.15, -0.1) is 11.8 Å². The number of imide groups is 1. The fourth-order valence-electron chi connectivity index (χ4n) is 7.77. The minimum Gasteiger partial charge on any atom is -0.497 e. The molecule has 5 atom stereocenters. The van der Waals surface area contributed by atoms with Gasteiger partial charge in [0.1, 0.15) is 17.8 Å². The average molecular weight is 793 g/mol. The lowest BCUT2D eigenvalue weighted by Gasteiger charge is -2.32. The molecule has 10 nitrogen and oxygen atoms in total. The number of nitrogens with one attached hydrogen (secondary N) is 2. The second-order valence-electron chi connectivity index (χ2n) is 14.4. The van der Waals surface area contributed by atoms with E-state index in [-0.39, 0.29) is 47.9 Å². The first-order chi connectivity index (χ1) is 27.8. The van der Waals surface area contributed by atoms with E-state index in [1.165, 1.54) is 16.7 Å². The number of carbonyl (C=O) groups excluding carboxylic acids is 5. The predicted molar refractivity (Wildman–Crippen MR) is 226 cm³/mol. The van der Waals surface area contributed by atoms with Gasteiger partial charge in [-0.2, -0.15) is 0 Å². The summed E-state index contributed by atoms with van der Waals surface area (Å²) in [6.07, 6.45) is 12.4. The van der Waals surface area contributed by atoms with E-state index in [1.54, 1.807) is 43.3 Å². The number of hydrogen-bond acceptors (Lipinski definition) is 7. The maximum atomic E-state index is 14.6. The Morgan fingerprint density at radius 1 is 0.860 bits per heavy atom. The number of hydrogen-bond donors (Lipinski definition) is 2. The number of thioether (sulfide) groups is 1. The number of unbranched alkanes of at least 4 members (excludes halogenated alkanes) is 1. The van der Waals surface area contributed by atoms with Crippen molar-refractivity contribution in [1.82, 2.24) is 20.4 Å². The Morgan fingerprint density at radius 3 is 2.18 bits per heavy atom. The highest BCUT2D eigenvalue weighted by Gasteiger charge is 2.40. The second kappa shape index (κ2) is 21.4. The molecule has 6 rings (SSSR count). The van der Waals surface area contributed by atoms with E-state index in [4.69, 9.17) is 4.74 Å². The van der Waals surface area contributed by atoms with Crippen LogP contribution in [0.25, 0.3) is 0 Å². The molecule has 0 spiro atoms. The van der Waals surface area contributed by atoms with E-state index < -0.39 is 17.3 Å². The molecule has 0 aromatic heterocycles. The molecule has 2 aliphatic heterocycles. The Balaban J connectivity index is 0.00000305. The first kappa shape index (κ1) is 43.0. The van der Waals surface area contributed by atoms with Crippen molar-refractivity contribution in [3.8, 4) is 5.75 Å². The molecule has 5 amide bonds. The van der Waals surface area contributed by atoms with Crippen LogP contribution in [-0.2, 0) is 26.6 Å². The van der Waals surface area contributed by atoms with Gasteiger partial charge in [-0.1, -0.05) is 99.2 Å². The standard InChI is InChI=1S/C44H50N4O6S.C2H6/c1-45-40(49)38(27-30-13-5-3-6-14-30)47-26-24-33(32-15-7-4-8-16-32)28-37(44(47)53)46-41(50)39(55-29-31-20-22-34(54-2)23-21-31)19-11-12-25-48-42(51)35-17-9-10-18-36(35)43(48)52;1-2/h3-10,13-15,17-18,20-23,32-33,37-39H,11-12,16,19,24-29H2,1-2H3,(H,45,49)(H,46,50);1-2H3/t32-,33?,37?,38?,39?;/m1./s1. The molecule has 0 bridgehead atoms. The van der Waals surface area contributed by atoms with Crippen LogP contribution in [0.2, 0.25) is 0 Å². The van der Waals surface area contributed by atoms with Gasteiger partial charge in [-0.3, -0.25) is 28.9 Å². The van der Waals surface area contributed by atoms with Crippen LogP contribution < -0.4 is 15.4 Å². The number of carbonyl (C=O) groups is 5. The summed E-state index contributed by atoms with van der Waals surface area (Å²) < 4.78 is 5.32. The van der Waals surface area contributed by atoms with Crippen LogP contribution in [0.1, 0.15) is 84.2 Å². The van der Waals surface area contributed by atoms with Gasteiger partial charge in [-0.25, -0.2) is 0 Å². The fraction of sp³-hybridized carbons (Fsp3) is 0.413. The van der Waals surface area contributed by atoms with Crippen molar-refractivity contribution in [1.29, 1.82) is 0 Å². The van der Waals surface area contributed by atoms with E-state index in [1.807, 2.05) is 80.6 Å². The minimum absolute atomic E-state index is 0.118. The second-order valence-corrected chi connectivity index (χ2v) is 15.6. The maximum absolute atomic E-state index is 14.6. The third kappa shape index (κ3) is 11.0. The monoisotopic (exact) mass is 792 g/mol. The number of nitrogens with zero attached hydrogens (tertiary/aromatic N) is 2. The van der Waals surface area contributed by atoms with E-state index in [0.29, 0.717) is 61.9 Å². The number of allylic oxidation sites excluding steroid dienone is 4. The molecule has 3 aromatic carbocycles. The van der Waals surface area contributed by atoms with Crippen molar-refractivity contribution in [3.63, 3.8) is 0 Å². The van der Waals surface area contributed by atoms with Crippen LogP contribution in [-0.4, -0.2) is 83.9 Å². The summed E-state index contributed by atoms with van der Waals surface area (Å²) in [5.74, 6) is 0.320. The quantitative estimate of drug-likeness (QED) is 0.118. The molecule has 0 radical (unpaired) electrons. The summed E-state index contributed by atoms with van der Waals surface area (Å²) in [4.78, 5) is 71.3. The summed E-state index contributed by atoms with van der Waals surface area (Å²) >= 11 is 1.50. The molecule has 2 N–H and O–H groups in total. The number of likely N-dealkylation sites (tertiary alicyclic amines) is 1. The summed E-state index contributed by atoms with van der Waals surface area (Å²) in [6.45, 7) is 4.66. The Kier molecular flexibility index (Phi) is 16.1. The molecule has 0 saturated carbocycles. The lowest BCUT2D eigenvalue weighted by molar-refractivity contribution is -0.142. The predicted octanol–water partition coefficient (Wildman–Crippen LogP) is 7.00. The van der Waals surface area contributed by atoms with Crippen molar-refractivity contribution in [2.45, 2.75) is 81.9 Å². The van der Waals surface area contributed by atoms with Gasteiger partial charge in [0.15, 0.2) is 0 Å². The molecule has 3 aliphatic rings. The summed E-state index contributed by atoms with van der Waals surface area (Å²) in [5, 5.41) is 5.45. The fourth-order valence-corrected chi connectivity index (χ4v) is 8.91. The van der Waals surface area contributed by atoms with E-state index in [0.717, 1.165) is 23.3 Å². The van der Waals surface area contributed by atoms with E-state index >= 15 is 0 Å². The average Bonchev–Trinajstić information content (AvgIpc) is 3.38. The molecule has 1 saturated heterocycles. The molecule has 4 unspecified atom stereocenters. The highest BCUT2D eigenvalue weighted by atomic mass is 32.2. The van der Waals surface area contributed by atoms with Gasteiger partial charge in [0, 0.05) is 32.3 Å². The third-order valence-corrected chi connectivity index (χ3v) is 12.2. The number of methoxy groups -OCH3 is 1. The third-order valence-electron chi connectivity index (χ3n) is 10.9. The van der Waals surface area contributed by atoms with Gasteiger partial charge in [-0.05, 0) is 79.3 Å². The van der Waals surface area contributed by atoms with Crippen molar-refractivity contribution in [2.75, 3.05) is 27.2 Å². The Hall–Kier alpha value is -5.16. The minimum atomic E-state index is -0.815. The number of amides is 5. The largest absolute Gasteiger partial charge is 0.497 e. The number of ether oxygens (including phenoxy) is 1. The lowest BCUT2D eigenvalue weighted by Crippen LogP contribution is -2.56. The molecule has 1 fully saturated rings. The molecule has 57 heavy (non-hydrogen) atoms. The molecule has 1 aliphatic carbocycles. The zero-order valence-electron chi connectivity index (χ0n) is 33.5. The lowest BCUT2D eigenvalue weighted by atomic mass is 9.81. The topological polar surface area (TPSA) is 125 Å². The summed E-state index contributed by atoms with van der Waals surface area (Å²) in [6, 6.07) is 22.7. The van der Waals surface area contributed by atoms with Crippen LogP contribution in [0, 0.1) is 11.8 Å². The Morgan fingerprint density at radius 2 is 1.54 bits per heavy atom. The van der Waals surface area contributed by atoms with Crippen molar-refractivity contribution in [3.05, 3.63) is 125 Å². The summed E-state index contributed by atoms with van der Waals surface area (Å²) in [7, 11) is 3.20. The maximum Gasteiger partial charge on any atom is 0.261 e. The molecular formula is C46H56N4O6S. The number of rotatable bonds is 16. The molecule has 302 valence electrons. The Labute approximate surface area is 341 Å². The number of likely N-dealkylation sites (N-methyl/N-ethyl adjacent to an activating group) is 1. The zero-order chi connectivity index (χ0) is 40.7. The van der Waals surface area contributed by atoms with Crippen LogP contribution in [0.5, 0.6) is 5.75 Å². The zero-order valence-corrected chi connectivity index (χ0v) is 34.3. The first-order valence-electron chi connectivity index (χ1n) is 20.2. The van der Waals surface area contributed by atoms with Crippen molar-refractivity contribution >= 4 is 41.3 Å². The highest BCUT2D eigenvalue weighted by molar-refractivity contribution is 7.99. The number of benzene rings is 3. The molecule has 11 heteroatoms. The van der Waals surface area contributed by atoms with Gasteiger partial charge in [0.25, 0.3) is 11.8 Å². The van der Waals surface area contributed by atoms with Crippen LogP contribution in [0.15, 0.2) is 103 Å². The van der Waals surface area contributed by atoms with Gasteiger partial charge in [0.05, 0.1) is 23.5 Å². The molecule has 3 aromatic rings. The van der Waals surface area contributed by atoms with Crippen LogP contribution in [0.4, 0.5) is 0 Å².